The molecule has 0 amide bonds. The van der Waals surface area contributed by atoms with Crippen molar-refractivity contribution in [2.45, 2.75) is 12.8 Å². The molecular weight excluding hydrogens is 272 g/mol. The second-order valence-electron chi connectivity index (χ2n) is 4.42. The molecule has 0 radical (unpaired) electrons. The summed E-state index contributed by atoms with van der Waals surface area (Å²) < 4.78 is 21.7. The summed E-state index contributed by atoms with van der Waals surface area (Å²) in [5.41, 5.74) is 6.30. The Hall–Kier alpha value is -2.21. The van der Waals surface area contributed by atoms with Crippen molar-refractivity contribution < 1.29 is 18.6 Å². The second-order valence-corrected chi connectivity index (χ2v) is 4.42. The van der Waals surface area contributed by atoms with Gasteiger partial charge in [-0.2, -0.15) is 0 Å². The number of ether oxygens (including phenoxy) is 3. The van der Waals surface area contributed by atoms with E-state index in [1.807, 2.05) is 12.1 Å². The van der Waals surface area contributed by atoms with Crippen molar-refractivity contribution in [2.75, 3.05) is 27.9 Å². The fraction of sp³-hybridized carbons (Fsp3) is 0.400. The molecule has 6 heteroatoms. The van der Waals surface area contributed by atoms with Crippen LogP contribution in [0.4, 0.5) is 0 Å². The maximum Gasteiger partial charge on any atom is 0.203 e. The summed E-state index contributed by atoms with van der Waals surface area (Å²) in [6, 6.07) is 3.66. The van der Waals surface area contributed by atoms with E-state index in [1.54, 1.807) is 27.5 Å². The zero-order valence-electron chi connectivity index (χ0n) is 12.5. The van der Waals surface area contributed by atoms with Crippen LogP contribution in [0.1, 0.15) is 12.3 Å². The molecule has 1 aromatic heterocycles. The molecule has 0 saturated heterocycles. The van der Waals surface area contributed by atoms with Crippen LogP contribution >= 0.6 is 0 Å². The van der Waals surface area contributed by atoms with Crippen LogP contribution < -0.4 is 19.9 Å². The molecule has 0 aliphatic rings. The minimum Gasteiger partial charge on any atom is -0.493 e. The SMILES string of the molecule is COc1cc(-c2cnc(CCCN)o2)cc(OC)c1OC. The molecule has 0 unspecified atom stereocenters. The summed E-state index contributed by atoms with van der Waals surface area (Å²) in [6.07, 6.45) is 3.25. The Bertz CT molecular complexity index is 570. The van der Waals surface area contributed by atoms with Crippen molar-refractivity contribution in [1.29, 1.82) is 0 Å². The molecule has 21 heavy (non-hydrogen) atoms. The lowest BCUT2D eigenvalue weighted by atomic mass is 10.1. The standard InChI is InChI=1S/C15H20N2O4/c1-18-11-7-10(8-12(19-2)15(11)20-3)13-9-17-14(21-13)5-4-6-16/h7-9H,4-6,16H2,1-3H3. The third-order valence-electron chi connectivity index (χ3n) is 3.10. The monoisotopic (exact) mass is 292 g/mol. The highest BCUT2D eigenvalue weighted by Gasteiger charge is 2.16. The second kappa shape index (κ2) is 6.99. The quantitative estimate of drug-likeness (QED) is 0.843. The minimum absolute atomic E-state index is 0.548. The molecule has 2 aromatic rings. The molecule has 1 heterocycles. The number of nitrogens with two attached hydrogens (primary N) is 1. The van der Waals surface area contributed by atoms with Crippen molar-refractivity contribution >= 4 is 0 Å². The maximum absolute atomic E-state index is 5.73. The van der Waals surface area contributed by atoms with Gasteiger partial charge in [0.1, 0.15) is 0 Å². The van der Waals surface area contributed by atoms with Crippen LogP contribution in [0.5, 0.6) is 17.2 Å². The van der Waals surface area contributed by atoms with Gasteiger partial charge in [0.25, 0.3) is 0 Å². The van der Waals surface area contributed by atoms with E-state index < -0.39 is 0 Å². The van der Waals surface area contributed by atoms with Crippen LogP contribution in [0.15, 0.2) is 22.7 Å². The van der Waals surface area contributed by atoms with Crippen LogP contribution in [0.3, 0.4) is 0 Å². The average molecular weight is 292 g/mol. The van der Waals surface area contributed by atoms with Gasteiger partial charge in [0.15, 0.2) is 23.1 Å². The highest BCUT2D eigenvalue weighted by molar-refractivity contribution is 5.67. The van der Waals surface area contributed by atoms with E-state index in [2.05, 4.69) is 4.98 Å². The predicted octanol–water partition coefficient (Wildman–Crippen LogP) is 2.26. The molecule has 0 atom stereocenters. The summed E-state index contributed by atoms with van der Waals surface area (Å²) in [7, 11) is 4.72. The Morgan fingerprint density at radius 1 is 1.10 bits per heavy atom. The normalized spacial score (nSPS) is 10.5. The molecule has 1 aromatic carbocycles. The molecule has 114 valence electrons. The largest absolute Gasteiger partial charge is 0.493 e. The van der Waals surface area contributed by atoms with Crippen LogP contribution in [-0.4, -0.2) is 32.9 Å². The van der Waals surface area contributed by atoms with Gasteiger partial charge in [-0.15, -0.1) is 0 Å². The highest BCUT2D eigenvalue weighted by atomic mass is 16.5. The summed E-state index contributed by atoms with van der Waals surface area (Å²) >= 11 is 0. The number of hydrogen-bond donors (Lipinski definition) is 1. The summed E-state index contributed by atoms with van der Waals surface area (Å²) in [5, 5.41) is 0. The number of rotatable bonds is 7. The molecule has 0 bridgehead atoms. The molecule has 0 aliphatic heterocycles. The van der Waals surface area contributed by atoms with E-state index in [1.165, 1.54) is 0 Å². The van der Waals surface area contributed by atoms with E-state index in [0.29, 0.717) is 35.4 Å². The smallest absolute Gasteiger partial charge is 0.203 e. The molecule has 0 saturated carbocycles. The number of nitrogens with zero attached hydrogens (tertiary/aromatic N) is 1. The van der Waals surface area contributed by atoms with Gasteiger partial charge in [-0.05, 0) is 25.1 Å². The van der Waals surface area contributed by atoms with Crippen molar-refractivity contribution in [3.05, 3.63) is 24.2 Å². The van der Waals surface area contributed by atoms with E-state index in [4.69, 9.17) is 24.4 Å². The fourth-order valence-electron chi connectivity index (χ4n) is 2.04. The molecule has 0 spiro atoms. The first-order valence-electron chi connectivity index (χ1n) is 6.68. The van der Waals surface area contributed by atoms with E-state index >= 15 is 0 Å². The topological polar surface area (TPSA) is 79.7 Å². The lowest BCUT2D eigenvalue weighted by Gasteiger charge is -2.13. The Morgan fingerprint density at radius 3 is 2.29 bits per heavy atom. The lowest BCUT2D eigenvalue weighted by molar-refractivity contribution is 0.324. The van der Waals surface area contributed by atoms with Gasteiger partial charge in [0.2, 0.25) is 5.75 Å². The first-order valence-corrected chi connectivity index (χ1v) is 6.68. The number of methoxy groups -OCH3 is 3. The maximum atomic E-state index is 5.73. The summed E-state index contributed by atoms with van der Waals surface area (Å²) in [4.78, 5) is 4.25. The third kappa shape index (κ3) is 3.28. The zero-order chi connectivity index (χ0) is 15.2. The van der Waals surface area contributed by atoms with Crippen molar-refractivity contribution in [1.82, 2.24) is 4.98 Å². The van der Waals surface area contributed by atoms with Crippen molar-refractivity contribution in [3.63, 3.8) is 0 Å². The first-order chi connectivity index (χ1) is 10.2. The predicted molar refractivity (Wildman–Crippen MR) is 79.0 cm³/mol. The van der Waals surface area contributed by atoms with Gasteiger partial charge < -0.3 is 24.4 Å². The average Bonchev–Trinajstić information content (AvgIpc) is 3.00. The molecule has 6 nitrogen and oxygen atoms in total. The molecule has 0 aliphatic carbocycles. The fourth-order valence-corrected chi connectivity index (χ4v) is 2.04. The van der Waals surface area contributed by atoms with Gasteiger partial charge in [0, 0.05) is 12.0 Å². The Morgan fingerprint density at radius 2 is 1.76 bits per heavy atom. The molecular formula is C15H20N2O4. The van der Waals surface area contributed by atoms with E-state index in [9.17, 15) is 0 Å². The molecule has 2 N–H and O–H groups in total. The van der Waals surface area contributed by atoms with Crippen LogP contribution in [-0.2, 0) is 6.42 Å². The Kier molecular flexibility index (Phi) is 5.05. The number of benzene rings is 1. The number of aromatic nitrogens is 1. The number of aryl methyl sites for hydroxylation is 1. The van der Waals surface area contributed by atoms with Gasteiger partial charge in [0.05, 0.1) is 27.5 Å². The zero-order valence-corrected chi connectivity index (χ0v) is 12.5. The van der Waals surface area contributed by atoms with Gasteiger partial charge in [-0.3, -0.25) is 0 Å². The van der Waals surface area contributed by atoms with Gasteiger partial charge in [-0.1, -0.05) is 0 Å². The minimum atomic E-state index is 0.548. The Balaban J connectivity index is 2.37. The number of oxazole rings is 1. The van der Waals surface area contributed by atoms with Gasteiger partial charge in [-0.25, -0.2) is 4.98 Å². The summed E-state index contributed by atoms with van der Waals surface area (Å²) in [5.74, 6) is 3.02. The molecule has 2 rings (SSSR count). The Labute approximate surface area is 123 Å². The summed E-state index contributed by atoms with van der Waals surface area (Å²) in [6.45, 7) is 0.613. The molecule has 0 fully saturated rings. The van der Waals surface area contributed by atoms with Crippen molar-refractivity contribution in [3.8, 4) is 28.6 Å². The van der Waals surface area contributed by atoms with Crippen LogP contribution in [0.25, 0.3) is 11.3 Å². The first kappa shape index (κ1) is 15.2. The van der Waals surface area contributed by atoms with Gasteiger partial charge >= 0.3 is 0 Å². The van der Waals surface area contributed by atoms with E-state index in [-0.39, 0.29) is 0 Å². The van der Waals surface area contributed by atoms with Crippen LogP contribution in [0.2, 0.25) is 0 Å². The lowest BCUT2D eigenvalue weighted by Crippen LogP contribution is -2.00. The van der Waals surface area contributed by atoms with Crippen LogP contribution in [0, 0.1) is 0 Å². The third-order valence-corrected chi connectivity index (χ3v) is 3.10. The highest BCUT2D eigenvalue weighted by Crippen LogP contribution is 2.41. The number of hydrogen-bond acceptors (Lipinski definition) is 6. The van der Waals surface area contributed by atoms with E-state index in [0.717, 1.165) is 18.4 Å². The van der Waals surface area contributed by atoms with Crippen molar-refractivity contribution in [2.24, 2.45) is 5.73 Å².